The van der Waals surface area contributed by atoms with Crippen molar-refractivity contribution in [1.29, 1.82) is 5.26 Å². The number of anilines is 1. The fourth-order valence-corrected chi connectivity index (χ4v) is 4.38. The van der Waals surface area contributed by atoms with Gasteiger partial charge in [0.05, 0.1) is 17.1 Å². The first-order chi connectivity index (χ1) is 20.4. The van der Waals surface area contributed by atoms with Gasteiger partial charge in [-0.15, -0.1) is 0 Å². The molecule has 1 heterocycles. The number of hydrogen-bond donors (Lipinski definition) is 1. The largest absolute Gasteiger partial charge is 0.494 e. The lowest BCUT2D eigenvalue weighted by molar-refractivity contribution is -0.385. The number of carbonyl (C=O) groups is 1. The molecule has 12 heteroatoms. The molecule has 0 fully saturated rings. The van der Waals surface area contributed by atoms with Crippen LogP contribution in [0.2, 0.25) is 0 Å². The molecule has 0 aliphatic rings. The Morgan fingerprint density at radius 3 is 2.42 bits per heavy atom. The molecule has 0 aliphatic carbocycles. The van der Waals surface area contributed by atoms with Gasteiger partial charge < -0.3 is 19.4 Å². The maximum absolute atomic E-state index is 13.0. The van der Waals surface area contributed by atoms with E-state index in [0.29, 0.717) is 41.4 Å². The average Bonchev–Trinajstić information content (AvgIpc) is 3.24. The molecular formula is C31H25F3N4O5. The zero-order chi connectivity index (χ0) is 31.3. The van der Waals surface area contributed by atoms with Crippen LogP contribution in [0, 0.1) is 35.3 Å². The summed E-state index contributed by atoms with van der Waals surface area (Å²) in [6.45, 7) is 5.96. The third kappa shape index (κ3) is 7.02. The van der Waals surface area contributed by atoms with E-state index in [0.717, 1.165) is 17.5 Å². The number of aromatic nitrogens is 1. The molecule has 3 aromatic carbocycles. The molecule has 4 rings (SSSR count). The minimum absolute atomic E-state index is 0.107. The van der Waals surface area contributed by atoms with Crippen LogP contribution < -0.4 is 14.8 Å². The zero-order valence-electron chi connectivity index (χ0n) is 23.2. The number of alkyl halides is 3. The highest BCUT2D eigenvalue weighted by atomic mass is 19.4. The Hall–Kier alpha value is -5.57. The fourth-order valence-electron chi connectivity index (χ4n) is 4.38. The second-order valence-electron chi connectivity index (χ2n) is 9.28. The summed E-state index contributed by atoms with van der Waals surface area (Å²) in [5, 5.41) is 23.8. The predicted octanol–water partition coefficient (Wildman–Crippen LogP) is 7.76. The number of benzene rings is 3. The molecule has 1 amide bonds. The van der Waals surface area contributed by atoms with Gasteiger partial charge in [0, 0.05) is 34.9 Å². The maximum Gasteiger partial charge on any atom is 0.416 e. The second-order valence-corrected chi connectivity index (χ2v) is 9.28. The van der Waals surface area contributed by atoms with Crippen LogP contribution in [-0.4, -0.2) is 22.0 Å². The lowest BCUT2D eigenvalue weighted by Crippen LogP contribution is -2.13. The molecule has 43 heavy (non-hydrogen) atoms. The van der Waals surface area contributed by atoms with Gasteiger partial charge in [-0.3, -0.25) is 14.9 Å². The molecule has 0 unspecified atom stereocenters. The van der Waals surface area contributed by atoms with Crippen molar-refractivity contribution < 1.29 is 32.4 Å². The Labute approximate surface area is 244 Å². The summed E-state index contributed by atoms with van der Waals surface area (Å²) in [5.74, 6) is -0.162. The smallest absolute Gasteiger partial charge is 0.416 e. The minimum Gasteiger partial charge on any atom is -0.494 e. The van der Waals surface area contributed by atoms with E-state index in [9.17, 15) is 33.3 Å². The minimum atomic E-state index is -4.74. The van der Waals surface area contributed by atoms with Crippen molar-refractivity contribution in [1.82, 2.24) is 4.57 Å². The van der Waals surface area contributed by atoms with Gasteiger partial charge in [-0.1, -0.05) is 6.07 Å². The van der Waals surface area contributed by atoms with Crippen LogP contribution in [-0.2, 0) is 11.0 Å². The summed E-state index contributed by atoms with van der Waals surface area (Å²) in [4.78, 5) is 23.3. The number of nitriles is 1. The number of nitrogens with one attached hydrogen (secondary N) is 1. The van der Waals surface area contributed by atoms with Crippen molar-refractivity contribution in [2.75, 3.05) is 11.9 Å². The number of amides is 1. The zero-order valence-corrected chi connectivity index (χ0v) is 23.2. The van der Waals surface area contributed by atoms with Crippen molar-refractivity contribution in [2.24, 2.45) is 0 Å². The van der Waals surface area contributed by atoms with Crippen LogP contribution in [0.1, 0.15) is 29.4 Å². The van der Waals surface area contributed by atoms with Gasteiger partial charge in [-0.05, 0) is 87.0 Å². The molecule has 0 bridgehead atoms. The molecule has 0 atom stereocenters. The molecule has 1 N–H and O–H groups in total. The monoisotopic (exact) mass is 590 g/mol. The molecule has 0 radical (unpaired) electrons. The number of rotatable bonds is 9. The Balaban J connectivity index is 1.56. The number of hydrogen-bond acceptors (Lipinski definition) is 6. The number of nitrogens with zero attached hydrogens (tertiary/aromatic N) is 3. The Morgan fingerprint density at radius 2 is 1.79 bits per heavy atom. The number of ether oxygens (including phenoxy) is 2. The molecule has 4 aromatic rings. The van der Waals surface area contributed by atoms with Crippen molar-refractivity contribution in [3.05, 3.63) is 111 Å². The standard InChI is InChI=1S/C31H25F3N4O5/c1-4-42-27-7-5-6-24(17-27)36-30(39)22(18-35)15-21-14-19(2)37(20(21)3)25-9-11-26(12-10-25)43-29-13-8-23(31(32,33)34)16-28(29)38(40)41/h5-17H,4H2,1-3H3,(H,36,39)/b22-15+. The predicted molar refractivity (Wildman–Crippen MR) is 153 cm³/mol. The van der Waals surface area contributed by atoms with E-state index in [1.165, 1.54) is 18.2 Å². The van der Waals surface area contributed by atoms with Crippen LogP contribution >= 0.6 is 0 Å². The Kier molecular flexibility index (Phi) is 8.85. The highest BCUT2D eigenvalue weighted by Crippen LogP contribution is 2.38. The fraction of sp³-hybridized carbons (Fsp3) is 0.161. The summed E-state index contributed by atoms with van der Waals surface area (Å²) >= 11 is 0. The van der Waals surface area contributed by atoms with E-state index in [-0.39, 0.29) is 17.1 Å². The topological polar surface area (TPSA) is 119 Å². The van der Waals surface area contributed by atoms with E-state index in [1.54, 1.807) is 36.4 Å². The highest BCUT2D eigenvalue weighted by molar-refractivity contribution is 6.09. The normalized spacial score (nSPS) is 11.5. The van der Waals surface area contributed by atoms with E-state index >= 15 is 0 Å². The van der Waals surface area contributed by atoms with Gasteiger partial charge in [0.15, 0.2) is 0 Å². The molecule has 1 aromatic heterocycles. The average molecular weight is 591 g/mol. The third-order valence-electron chi connectivity index (χ3n) is 6.34. The maximum atomic E-state index is 13.0. The van der Waals surface area contributed by atoms with Gasteiger partial charge in [0.2, 0.25) is 5.75 Å². The van der Waals surface area contributed by atoms with Crippen molar-refractivity contribution in [3.63, 3.8) is 0 Å². The van der Waals surface area contributed by atoms with Crippen LogP contribution in [0.25, 0.3) is 11.8 Å². The van der Waals surface area contributed by atoms with Crippen molar-refractivity contribution in [3.8, 4) is 29.0 Å². The summed E-state index contributed by atoms with van der Waals surface area (Å²) in [5.41, 5.74) is 1.23. The molecule has 9 nitrogen and oxygen atoms in total. The van der Waals surface area contributed by atoms with Gasteiger partial charge in [0.1, 0.15) is 23.1 Å². The highest BCUT2D eigenvalue weighted by Gasteiger charge is 2.33. The van der Waals surface area contributed by atoms with Gasteiger partial charge in [-0.2, -0.15) is 18.4 Å². The summed E-state index contributed by atoms with van der Waals surface area (Å²) in [6.07, 6.45) is -3.25. The number of nitro groups is 1. The SMILES string of the molecule is CCOc1cccc(NC(=O)/C(C#N)=C/c2cc(C)n(-c3ccc(Oc4ccc(C(F)(F)F)cc4[N+](=O)[O-])cc3)c2C)c1. The van der Waals surface area contributed by atoms with Gasteiger partial charge in [0.25, 0.3) is 5.91 Å². The van der Waals surface area contributed by atoms with Crippen molar-refractivity contribution >= 4 is 23.4 Å². The first-order valence-corrected chi connectivity index (χ1v) is 12.9. The number of aryl methyl sites for hydroxylation is 1. The lowest BCUT2D eigenvalue weighted by Gasteiger charge is -2.12. The molecule has 220 valence electrons. The molecule has 0 aliphatic heterocycles. The Bertz CT molecular complexity index is 1750. The summed E-state index contributed by atoms with van der Waals surface area (Å²) < 4.78 is 51.9. The van der Waals surface area contributed by atoms with E-state index in [1.807, 2.05) is 37.5 Å². The third-order valence-corrected chi connectivity index (χ3v) is 6.34. The summed E-state index contributed by atoms with van der Waals surface area (Å²) in [6, 6.07) is 19.0. The van der Waals surface area contributed by atoms with Gasteiger partial charge in [-0.25, -0.2) is 0 Å². The lowest BCUT2D eigenvalue weighted by atomic mass is 10.1. The molecule has 0 saturated heterocycles. The first kappa shape index (κ1) is 30.4. The number of carbonyl (C=O) groups excluding carboxylic acids is 1. The number of halogens is 3. The van der Waals surface area contributed by atoms with Crippen LogP contribution in [0.4, 0.5) is 24.5 Å². The first-order valence-electron chi connectivity index (χ1n) is 12.9. The molecule has 0 saturated carbocycles. The second kappa shape index (κ2) is 12.5. The van der Waals surface area contributed by atoms with Crippen LogP contribution in [0.5, 0.6) is 17.2 Å². The van der Waals surface area contributed by atoms with Gasteiger partial charge >= 0.3 is 11.9 Å². The quantitative estimate of drug-likeness (QED) is 0.0921. The van der Waals surface area contributed by atoms with Crippen LogP contribution in [0.3, 0.4) is 0 Å². The van der Waals surface area contributed by atoms with Crippen LogP contribution in [0.15, 0.2) is 78.4 Å². The molecular weight excluding hydrogens is 565 g/mol. The van der Waals surface area contributed by atoms with E-state index in [4.69, 9.17) is 9.47 Å². The van der Waals surface area contributed by atoms with E-state index in [2.05, 4.69) is 5.32 Å². The number of nitro benzene ring substituents is 1. The van der Waals surface area contributed by atoms with Crippen molar-refractivity contribution in [2.45, 2.75) is 26.9 Å². The molecule has 0 spiro atoms. The van der Waals surface area contributed by atoms with E-state index < -0.39 is 28.3 Å². The Morgan fingerprint density at radius 1 is 1.07 bits per heavy atom. The summed E-state index contributed by atoms with van der Waals surface area (Å²) in [7, 11) is 0.